The van der Waals surface area contributed by atoms with Gasteiger partial charge in [0.1, 0.15) is 0 Å². The van der Waals surface area contributed by atoms with E-state index in [2.05, 4.69) is 70.3 Å². The number of hydrogen-bond acceptors (Lipinski definition) is 4. The minimum atomic E-state index is -0.393. The molecular formula is C34H51NO3. The molecule has 0 aromatic heterocycles. The number of nitrogens with one attached hydrogen (secondary N) is 1. The molecule has 210 valence electrons. The number of aliphatic hydroxyl groups is 2. The highest BCUT2D eigenvalue weighted by Crippen LogP contribution is 2.89. The van der Waals surface area contributed by atoms with E-state index in [1.165, 1.54) is 44.1 Å². The van der Waals surface area contributed by atoms with Crippen LogP contribution in [0.5, 0.6) is 0 Å². The summed E-state index contributed by atoms with van der Waals surface area (Å²) in [4.78, 5) is 0. The molecule has 12 unspecified atom stereocenters. The van der Waals surface area contributed by atoms with Crippen LogP contribution in [-0.2, 0) is 11.3 Å². The zero-order chi connectivity index (χ0) is 26.7. The molecule has 5 saturated carbocycles. The maximum Gasteiger partial charge on any atom is 0.0880 e. The van der Waals surface area contributed by atoms with Crippen molar-refractivity contribution in [1.29, 1.82) is 0 Å². The van der Waals surface area contributed by atoms with Crippen molar-refractivity contribution in [2.45, 2.75) is 117 Å². The fourth-order valence-electron chi connectivity index (χ4n) is 12.5. The number of aliphatic hydroxyl groups excluding tert-OH is 2. The molecule has 1 aliphatic heterocycles. The fraction of sp³-hybridized carbons (Fsp3) is 0.824. The molecule has 12 atom stereocenters. The molecule has 1 aromatic carbocycles. The SMILES string of the molecule is CC1CC(CNCc2ccccc2)OC2C1C1(C)CCC34CC35CCC(O)C(C)(C)C5CCC4C1(C)C2O. The normalized spacial score (nSPS) is 54.2. The van der Waals surface area contributed by atoms with Gasteiger partial charge in [-0.2, -0.15) is 0 Å². The highest BCUT2D eigenvalue weighted by molar-refractivity contribution is 5.32. The standard InChI is InChI=1S/C34H51NO3/c1-21-17-23(19-35-18-22-9-7-6-8-10-22)38-28-27(21)31(4)15-16-34-20-33(34)14-13-26(36)30(2,3)24(33)11-12-25(34)32(31,5)29(28)37/h6-10,21,23-29,35-37H,11-20H2,1-5H3. The first-order valence-electron chi connectivity index (χ1n) is 15.8. The highest BCUT2D eigenvalue weighted by Gasteiger charge is 2.84. The first kappa shape index (κ1) is 26.0. The van der Waals surface area contributed by atoms with Crippen LogP contribution in [0.15, 0.2) is 30.3 Å². The second kappa shape index (κ2) is 8.30. The first-order valence-corrected chi connectivity index (χ1v) is 15.8. The van der Waals surface area contributed by atoms with Gasteiger partial charge >= 0.3 is 0 Å². The molecule has 5 aliphatic carbocycles. The van der Waals surface area contributed by atoms with E-state index in [1.807, 2.05) is 0 Å². The van der Waals surface area contributed by atoms with Crippen LogP contribution in [0.25, 0.3) is 0 Å². The van der Waals surface area contributed by atoms with Crippen molar-refractivity contribution in [2.24, 2.45) is 50.7 Å². The lowest BCUT2D eigenvalue weighted by Gasteiger charge is -2.63. The van der Waals surface area contributed by atoms with Crippen molar-refractivity contribution in [3.8, 4) is 0 Å². The van der Waals surface area contributed by atoms with Crippen LogP contribution in [0.2, 0.25) is 0 Å². The van der Waals surface area contributed by atoms with Gasteiger partial charge in [0.15, 0.2) is 0 Å². The lowest BCUT2D eigenvalue weighted by molar-refractivity contribution is -0.182. The molecule has 7 rings (SSSR count). The fourth-order valence-corrected chi connectivity index (χ4v) is 12.5. The topological polar surface area (TPSA) is 61.7 Å². The molecule has 6 aliphatic rings. The Morgan fingerprint density at radius 2 is 1.63 bits per heavy atom. The van der Waals surface area contributed by atoms with Crippen molar-refractivity contribution < 1.29 is 14.9 Å². The molecule has 0 amide bonds. The van der Waals surface area contributed by atoms with Crippen LogP contribution in [-0.4, -0.2) is 41.2 Å². The second-order valence-electron chi connectivity index (χ2n) is 15.8. The van der Waals surface area contributed by atoms with Crippen molar-refractivity contribution in [3.05, 3.63) is 35.9 Å². The maximum atomic E-state index is 12.3. The Morgan fingerprint density at radius 3 is 2.39 bits per heavy atom. The van der Waals surface area contributed by atoms with Gasteiger partial charge in [0, 0.05) is 18.5 Å². The number of ether oxygens (including phenoxy) is 1. The van der Waals surface area contributed by atoms with Crippen molar-refractivity contribution in [1.82, 2.24) is 5.32 Å². The Morgan fingerprint density at radius 1 is 0.921 bits per heavy atom. The lowest BCUT2D eigenvalue weighted by Crippen LogP contribution is -2.59. The largest absolute Gasteiger partial charge is 0.393 e. The molecule has 0 radical (unpaired) electrons. The Balaban J connectivity index is 1.14. The van der Waals surface area contributed by atoms with Gasteiger partial charge in [0.2, 0.25) is 0 Å². The van der Waals surface area contributed by atoms with Gasteiger partial charge in [0.05, 0.1) is 24.4 Å². The quantitative estimate of drug-likeness (QED) is 0.458. The Labute approximate surface area is 230 Å². The molecule has 38 heavy (non-hydrogen) atoms. The zero-order valence-electron chi connectivity index (χ0n) is 24.4. The molecule has 6 fully saturated rings. The summed E-state index contributed by atoms with van der Waals surface area (Å²) in [6.07, 6.45) is 9.07. The van der Waals surface area contributed by atoms with Crippen molar-refractivity contribution >= 4 is 0 Å². The predicted octanol–water partition coefficient (Wildman–Crippen LogP) is 5.95. The van der Waals surface area contributed by atoms with E-state index in [4.69, 9.17) is 4.74 Å². The van der Waals surface area contributed by atoms with Gasteiger partial charge in [-0.15, -0.1) is 0 Å². The van der Waals surface area contributed by atoms with Crippen molar-refractivity contribution in [3.63, 3.8) is 0 Å². The second-order valence-corrected chi connectivity index (χ2v) is 15.8. The zero-order valence-corrected chi connectivity index (χ0v) is 24.4. The van der Waals surface area contributed by atoms with E-state index in [-0.39, 0.29) is 34.6 Å². The first-order chi connectivity index (χ1) is 18.0. The molecule has 1 heterocycles. The number of benzene rings is 1. The molecule has 4 nitrogen and oxygen atoms in total. The van der Waals surface area contributed by atoms with E-state index in [0.717, 1.165) is 25.9 Å². The van der Waals surface area contributed by atoms with E-state index in [9.17, 15) is 10.2 Å². The van der Waals surface area contributed by atoms with Gasteiger partial charge < -0.3 is 20.3 Å². The smallest absolute Gasteiger partial charge is 0.0880 e. The van der Waals surface area contributed by atoms with E-state index in [1.54, 1.807) is 0 Å². The Hall–Kier alpha value is -0.940. The van der Waals surface area contributed by atoms with Gasteiger partial charge in [-0.25, -0.2) is 0 Å². The van der Waals surface area contributed by atoms with Crippen LogP contribution in [0, 0.1) is 50.7 Å². The van der Waals surface area contributed by atoms with Crippen molar-refractivity contribution in [2.75, 3.05) is 6.54 Å². The molecule has 3 N–H and O–H groups in total. The summed E-state index contributed by atoms with van der Waals surface area (Å²) in [5.74, 6) is 2.18. The lowest BCUT2D eigenvalue weighted by atomic mass is 9.41. The third-order valence-electron chi connectivity index (χ3n) is 14.4. The van der Waals surface area contributed by atoms with Crippen LogP contribution >= 0.6 is 0 Å². The maximum absolute atomic E-state index is 12.3. The van der Waals surface area contributed by atoms with Crippen LogP contribution in [0.4, 0.5) is 0 Å². The van der Waals surface area contributed by atoms with E-state index in [0.29, 0.717) is 34.5 Å². The summed E-state index contributed by atoms with van der Waals surface area (Å²) in [6.45, 7) is 13.8. The summed E-state index contributed by atoms with van der Waals surface area (Å²) in [6, 6.07) is 10.6. The molecular weight excluding hydrogens is 470 g/mol. The predicted molar refractivity (Wildman–Crippen MR) is 150 cm³/mol. The Bertz CT molecular complexity index is 1070. The van der Waals surface area contributed by atoms with Crippen LogP contribution in [0.1, 0.15) is 91.5 Å². The summed E-state index contributed by atoms with van der Waals surface area (Å²) in [5.41, 5.74) is 2.10. The van der Waals surface area contributed by atoms with E-state index < -0.39 is 6.10 Å². The molecule has 0 bridgehead atoms. The average molecular weight is 522 g/mol. The molecule has 4 heteroatoms. The third kappa shape index (κ3) is 3.07. The van der Waals surface area contributed by atoms with Gasteiger partial charge in [-0.3, -0.25) is 0 Å². The van der Waals surface area contributed by atoms with Gasteiger partial charge in [-0.1, -0.05) is 65.0 Å². The van der Waals surface area contributed by atoms with E-state index >= 15 is 0 Å². The number of rotatable bonds is 4. The molecule has 1 saturated heterocycles. The molecule has 2 spiro atoms. The molecule has 1 aromatic rings. The minimum Gasteiger partial charge on any atom is -0.393 e. The monoisotopic (exact) mass is 521 g/mol. The summed E-state index contributed by atoms with van der Waals surface area (Å²) in [5, 5.41) is 26.9. The summed E-state index contributed by atoms with van der Waals surface area (Å²) < 4.78 is 6.89. The van der Waals surface area contributed by atoms with Crippen LogP contribution in [0.3, 0.4) is 0 Å². The number of fused-ring (bicyclic) bond motifs is 4. The average Bonchev–Trinajstić information content (AvgIpc) is 3.52. The highest BCUT2D eigenvalue weighted by atomic mass is 16.5. The third-order valence-corrected chi connectivity index (χ3v) is 14.4. The minimum absolute atomic E-state index is 0.00819. The van der Waals surface area contributed by atoms with Gasteiger partial charge in [0.25, 0.3) is 0 Å². The summed E-state index contributed by atoms with van der Waals surface area (Å²) >= 11 is 0. The summed E-state index contributed by atoms with van der Waals surface area (Å²) in [7, 11) is 0. The number of hydrogen-bond donors (Lipinski definition) is 3. The Kier molecular flexibility index (Phi) is 5.68. The van der Waals surface area contributed by atoms with Gasteiger partial charge in [-0.05, 0) is 102 Å². The van der Waals surface area contributed by atoms with Crippen LogP contribution < -0.4 is 5.32 Å².